The summed E-state index contributed by atoms with van der Waals surface area (Å²) in [5.74, 6) is -0.941. The quantitative estimate of drug-likeness (QED) is 0.880. The highest BCUT2D eigenvalue weighted by atomic mass is 16.2. The first-order chi connectivity index (χ1) is 10.1. The normalized spacial score (nSPS) is 17.5. The summed E-state index contributed by atoms with van der Waals surface area (Å²) >= 11 is 0. The van der Waals surface area contributed by atoms with Gasteiger partial charge < -0.3 is 5.32 Å². The van der Waals surface area contributed by atoms with Crippen molar-refractivity contribution < 1.29 is 9.59 Å². The van der Waals surface area contributed by atoms with Gasteiger partial charge in [-0.15, -0.1) is 0 Å². The highest BCUT2D eigenvalue weighted by molar-refractivity contribution is 6.15. The van der Waals surface area contributed by atoms with E-state index < -0.39 is 5.92 Å². The van der Waals surface area contributed by atoms with Crippen LogP contribution < -0.4 is 5.32 Å². The molecule has 5 nitrogen and oxygen atoms in total. The third-order valence-corrected chi connectivity index (χ3v) is 3.65. The van der Waals surface area contributed by atoms with Crippen LogP contribution in [0.2, 0.25) is 0 Å². The molecule has 0 fully saturated rings. The van der Waals surface area contributed by atoms with Gasteiger partial charge in [0.2, 0.25) is 5.91 Å². The van der Waals surface area contributed by atoms with Gasteiger partial charge in [-0.05, 0) is 18.9 Å². The molecule has 0 radical (unpaired) electrons. The number of amides is 1. The molecular weight excluding hydrogens is 266 g/mol. The van der Waals surface area contributed by atoms with Gasteiger partial charge >= 0.3 is 0 Å². The number of hydrogen-bond acceptors (Lipinski definition) is 3. The number of fused-ring (bicyclic) bond motifs is 1. The Morgan fingerprint density at radius 3 is 2.62 bits per heavy atom. The minimum absolute atomic E-state index is 0.292. The van der Waals surface area contributed by atoms with Crippen molar-refractivity contribution in [3.05, 3.63) is 47.2 Å². The molecule has 1 N–H and O–H groups in total. The number of aryl methyl sites for hydroxylation is 2. The Bertz CT molecular complexity index is 701. The zero-order valence-electron chi connectivity index (χ0n) is 12.1. The van der Waals surface area contributed by atoms with Crippen LogP contribution in [0.1, 0.15) is 40.9 Å². The summed E-state index contributed by atoms with van der Waals surface area (Å²) in [6, 6.07) is 9.20. The summed E-state index contributed by atoms with van der Waals surface area (Å²) in [6.45, 7) is 4.02. The standard InChI is InChI=1S/C16H17N3O2/c1-3-4-12-9-13-17-15(20)14(16(21)19(13)18-12)11-7-5-10(2)6-8-11/h5-9,14H,3-4H2,1-2H3,(H,17,20). The predicted octanol–water partition coefficient (Wildman–Crippen LogP) is 2.52. The lowest BCUT2D eigenvalue weighted by Crippen LogP contribution is -2.38. The smallest absolute Gasteiger partial charge is 0.265 e. The molecule has 5 heteroatoms. The molecule has 2 heterocycles. The number of nitrogens with zero attached hydrogens (tertiary/aromatic N) is 2. The van der Waals surface area contributed by atoms with E-state index in [1.54, 1.807) is 6.07 Å². The van der Waals surface area contributed by atoms with Gasteiger partial charge in [-0.25, -0.2) is 0 Å². The van der Waals surface area contributed by atoms with Crippen LogP contribution in [0.3, 0.4) is 0 Å². The summed E-state index contributed by atoms with van der Waals surface area (Å²) < 4.78 is 1.32. The van der Waals surface area contributed by atoms with Crippen molar-refractivity contribution in [3.63, 3.8) is 0 Å². The van der Waals surface area contributed by atoms with Crippen LogP contribution in [0.25, 0.3) is 0 Å². The number of nitrogens with one attached hydrogen (secondary N) is 1. The Hall–Kier alpha value is -2.43. The fourth-order valence-corrected chi connectivity index (χ4v) is 2.55. The molecule has 2 aromatic rings. The van der Waals surface area contributed by atoms with Gasteiger partial charge in [-0.2, -0.15) is 9.78 Å². The molecule has 1 aromatic carbocycles. The Kier molecular flexibility index (Phi) is 3.33. The molecule has 0 aliphatic carbocycles. The van der Waals surface area contributed by atoms with E-state index in [0.717, 1.165) is 24.1 Å². The van der Waals surface area contributed by atoms with E-state index >= 15 is 0 Å². The topological polar surface area (TPSA) is 64.0 Å². The maximum absolute atomic E-state index is 12.6. The summed E-state index contributed by atoms with van der Waals surface area (Å²) in [5, 5.41) is 7.07. The molecule has 1 atom stereocenters. The summed E-state index contributed by atoms with van der Waals surface area (Å²) in [4.78, 5) is 24.8. The van der Waals surface area contributed by atoms with Gasteiger partial charge in [0.25, 0.3) is 5.91 Å². The number of rotatable bonds is 3. The predicted molar refractivity (Wildman–Crippen MR) is 79.4 cm³/mol. The second-order valence-electron chi connectivity index (χ2n) is 5.35. The van der Waals surface area contributed by atoms with Crippen LogP contribution in [0, 0.1) is 6.92 Å². The molecule has 0 saturated heterocycles. The number of carbonyl (C=O) groups excluding carboxylic acids is 2. The zero-order chi connectivity index (χ0) is 15.0. The Labute approximate surface area is 123 Å². The van der Waals surface area contributed by atoms with Gasteiger partial charge in [0.15, 0.2) is 0 Å². The van der Waals surface area contributed by atoms with Crippen molar-refractivity contribution in [2.75, 3.05) is 5.32 Å². The monoisotopic (exact) mass is 283 g/mol. The lowest BCUT2D eigenvalue weighted by molar-refractivity contribution is -0.117. The van der Waals surface area contributed by atoms with Gasteiger partial charge in [0.1, 0.15) is 11.7 Å². The third kappa shape index (κ3) is 2.35. The first-order valence-corrected chi connectivity index (χ1v) is 7.10. The van der Waals surface area contributed by atoms with Gasteiger partial charge in [0, 0.05) is 6.07 Å². The van der Waals surface area contributed by atoms with E-state index in [-0.39, 0.29) is 11.8 Å². The Morgan fingerprint density at radius 2 is 1.95 bits per heavy atom. The minimum atomic E-state index is -0.826. The second kappa shape index (κ2) is 5.16. The Balaban J connectivity index is 1.98. The maximum atomic E-state index is 12.6. The number of benzene rings is 1. The molecule has 0 spiro atoms. The van der Waals surface area contributed by atoms with E-state index in [1.165, 1.54) is 4.68 Å². The molecule has 1 aliphatic rings. The number of anilines is 1. The average Bonchev–Trinajstić information content (AvgIpc) is 2.84. The van der Waals surface area contributed by atoms with E-state index in [9.17, 15) is 9.59 Å². The van der Waals surface area contributed by atoms with Crippen molar-refractivity contribution in [1.29, 1.82) is 0 Å². The lowest BCUT2D eigenvalue weighted by atomic mass is 9.95. The molecule has 1 unspecified atom stereocenters. The van der Waals surface area contributed by atoms with E-state index in [0.29, 0.717) is 11.4 Å². The molecule has 21 heavy (non-hydrogen) atoms. The van der Waals surface area contributed by atoms with Crippen LogP contribution in [0.5, 0.6) is 0 Å². The van der Waals surface area contributed by atoms with Crippen LogP contribution in [0.15, 0.2) is 30.3 Å². The first-order valence-electron chi connectivity index (χ1n) is 7.10. The summed E-state index contributed by atoms with van der Waals surface area (Å²) in [7, 11) is 0. The second-order valence-corrected chi connectivity index (χ2v) is 5.35. The molecule has 0 bridgehead atoms. The molecule has 1 aliphatic heterocycles. The fraction of sp³-hybridized carbons (Fsp3) is 0.312. The summed E-state index contributed by atoms with van der Waals surface area (Å²) in [6.07, 6.45) is 1.73. The zero-order valence-corrected chi connectivity index (χ0v) is 12.1. The summed E-state index contributed by atoms with van der Waals surface area (Å²) in [5.41, 5.74) is 2.61. The van der Waals surface area contributed by atoms with Crippen molar-refractivity contribution in [2.45, 2.75) is 32.6 Å². The van der Waals surface area contributed by atoms with Crippen molar-refractivity contribution in [3.8, 4) is 0 Å². The highest BCUT2D eigenvalue weighted by Crippen LogP contribution is 2.27. The van der Waals surface area contributed by atoms with Crippen LogP contribution in [0.4, 0.5) is 5.82 Å². The van der Waals surface area contributed by atoms with Gasteiger partial charge in [-0.1, -0.05) is 43.2 Å². The molecular formula is C16H17N3O2. The van der Waals surface area contributed by atoms with Crippen LogP contribution >= 0.6 is 0 Å². The highest BCUT2D eigenvalue weighted by Gasteiger charge is 2.36. The Morgan fingerprint density at radius 1 is 1.24 bits per heavy atom. The minimum Gasteiger partial charge on any atom is -0.309 e. The third-order valence-electron chi connectivity index (χ3n) is 3.65. The maximum Gasteiger partial charge on any atom is 0.265 e. The average molecular weight is 283 g/mol. The molecule has 3 rings (SSSR count). The molecule has 108 valence electrons. The SMILES string of the molecule is CCCc1cc2n(n1)C(=O)C(c1ccc(C)cc1)C(=O)N2. The van der Waals surface area contributed by atoms with E-state index in [2.05, 4.69) is 10.4 Å². The number of aromatic nitrogens is 2. The van der Waals surface area contributed by atoms with Gasteiger partial charge in [-0.3, -0.25) is 9.59 Å². The molecule has 1 aromatic heterocycles. The number of carbonyl (C=O) groups is 2. The van der Waals surface area contributed by atoms with E-state index in [1.807, 2.05) is 38.1 Å². The van der Waals surface area contributed by atoms with Crippen LogP contribution in [-0.2, 0) is 11.2 Å². The molecule has 1 amide bonds. The van der Waals surface area contributed by atoms with E-state index in [4.69, 9.17) is 0 Å². The van der Waals surface area contributed by atoms with Gasteiger partial charge in [0.05, 0.1) is 5.69 Å². The van der Waals surface area contributed by atoms with Crippen molar-refractivity contribution >= 4 is 17.6 Å². The molecule has 0 saturated carbocycles. The van der Waals surface area contributed by atoms with Crippen LogP contribution in [-0.4, -0.2) is 21.6 Å². The first kappa shape index (κ1) is 13.5. The van der Waals surface area contributed by atoms with Crippen molar-refractivity contribution in [1.82, 2.24) is 9.78 Å². The fourth-order valence-electron chi connectivity index (χ4n) is 2.55. The lowest BCUT2D eigenvalue weighted by Gasteiger charge is -2.22. The number of hydrogen-bond donors (Lipinski definition) is 1. The largest absolute Gasteiger partial charge is 0.309 e. The van der Waals surface area contributed by atoms with Crippen molar-refractivity contribution in [2.24, 2.45) is 0 Å².